The van der Waals surface area contributed by atoms with Crippen LogP contribution in [0.3, 0.4) is 0 Å². The lowest BCUT2D eigenvalue weighted by Gasteiger charge is -2.07. The molecular formula is C10H18N4O3S2. The van der Waals surface area contributed by atoms with Crippen molar-refractivity contribution >= 4 is 27.4 Å². The van der Waals surface area contributed by atoms with Gasteiger partial charge in [0.2, 0.25) is 0 Å². The van der Waals surface area contributed by atoms with Crippen LogP contribution in [0.5, 0.6) is 0 Å². The number of ether oxygens (including phenoxy) is 1. The molecule has 0 fully saturated rings. The van der Waals surface area contributed by atoms with Gasteiger partial charge >= 0.3 is 0 Å². The quantitative estimate of drug-likeness (QED) is 0.308. The number of sulfone groups is 1. The van der Waals surface area contributed by atoms with Gasteiger partial charge in [-0.3, -0.25) is 0 Å². The van der Waals surface area contributed by atoms with E-state index in [1.807, 2.05) is 6.92 Å². The van der Waals surface area contributed by atoms with Crippen LogP contribution in [0.15, 0.2) is 11.1 Å². The fraction of sp³-hybridized carbons (Fsp3) is 0.600. The minimum atomic E-state index is -2.96. The maximum atomic E-state index is 11.1. The van der Waals surface area contributed by atoms with Crippen LogP contribution in [0.4, 0.5) is 5.82 Å². The van der Waals surface area contributed by atoms with Crippen LogP contribution in [-0.2, 0) is 21.2 Å². The second kappa shape index (κ2) is 7.63. The Morgan fingerprint density at radius 1 is 1.47 bits per heavy atom. The molecule has 1 aromatic heterocycles. The number of nitrogens with zero attached hydrogens (tertiary/aromatic N) is 2. The molecule has 0 atom stereocenters. The molecule has 108 valence electrons. The second-order valence-electron chi connectivity index (χ2n) is 3.77. The molecule has 1 aromatic rings. The fourth-order valence-electron chi connectivity index (χ4n) is 1.18. The van der Waals surface area contributed by atoms with Gasteiger partial charge in [0.1, 0.15) is 27.3 Å². The van der Waals surface area contributed by atoms with E-state index in [1.165, 1.54) is 18.0 Å². The summed E-state index contributed by atoms with van der Waals surface area (Å²) in [5.74, 6) is 6.86. The molecule has 0 saturated carbocycles. The van der Waals surface area contributed by atoms with Crippen LogP contribution in [0.25, 0.3) is 0 Å². The highest BCUT2D eigenvalue weighted by Crippen LogP contribution is 2.18. The van der Waals surface area contributed by atoms with Crippen LogP contribution >= 0.6 is 11.8 Å². The number of hydrazine groups is 1. The summed E-state index contributed by atoms with van der Waals surface area (Å²) in [7, 11) is -2.96. The van der Waals surface area contributed by atoms with E-state index in [4.69, 9.17) is 10.6 Å². The minimum Gasteiger partial charge on any atom is -0.374 e. The molecule has 7 nitrogen and oxygen atoms in total. The van der Waals surface area contributed by atoms with Gasteiger partial charge < -0.3 is 10.2 Å². The van der Waals surface area contributed by atoms with Gasteiger partial charge in [-0.15, -0.1) is 11.8 Å². The van der Waals surface area contributed by atoms with E-state index in [9.17, 15) is 8.42 Å². The van der Waals surface area contributed by atoms with Crippen LogP contribution in [0.1, 0.15) is 12.7 Å². The lowest BCUT2D eigenvalue weighted by atomic mass is 10.5. The number of anilines is 1. The molecule has 0 aliphatic rings. The van der Waals surface area contributed by atoms with E-state index < -0.39 is 9.84 Å². The Kier molecular flexibility index (Phi) is 6.49. The summed E-state index contributed by atoms with van der Waals surface area (Å²) in [6.07, 6.45) is 1.21. The predicted octanol–water partition coefficient (Wildman–Crippen LogP) is 0.435. The summed E-state index contributed by atoms with van der Waals surface area (Å²) in [4.78, 5) is 8.42. The van der Waals surface area contributed by atoms with E-state index in [0.717, 1.165) is 0 Å². The predicted molar refractivity (Wildman–Crippen MR) is 75.6 cm³/mol. The highest BCUT2D eigenvalue weighted by Gasteiger charge is 2.07. The zero-order valence-electron chi connectivity index (χ0n) is 10.9. The first kappa shape index (κ1) is 16.2. The molecule has 0 aromatic carbocycles. The van der Waals surface area contributed by atoms with Crippen molar-refractivity contribution in [3.05, 3.63) is 11.9 Å². The molecule has 0 bridgehead atoms. The third-order valence-electron chi connectivity index (χ3n) is 2.04. The molecule has 3 N–H and O–H groups in total. The second-order valence-corrected chi connectivity index (χ2v) is 7.14. The topological polar surface area (TPSA) is 107 Å². The van der Waals surface area contributed by atoms with E-state index in [1.54, 1.807) is 6.07 Å². The summed E-state index contributed by atoms with van der Waals surface area (Å²) in [5.41, 5.74) is 2.45. The van der Waals surface area contributed by atoms with Gasteiger partial charge in [0.15, 0.2) is 5.82 Å². The van der Waals surface area contributed by atoms with Gasteiger partial charge in [-0.05, 0) is 6.92 Å². The van der Waals surface area contributed by atoms with E-state index >= 15 is 0 Å². The van der Waals surface area contributed by atoms with Gasteiger partial charge in [0, 0.05) is 24.7 Å². The first-order valence-electron chi connectivity index (χ1n) is 5.67. The van der Waals surface area contributed by atoms with Crippen LogP contribution in [0.2, 0.25) is 0 Å². The summed E-state index contributed by atoms with van der Waals surface area (Å²) in [6.45, 7) is 2.75. The Bertz CT molecular complexity index is 507. The Balaban J connectivity index is 2.70. The minimum absolute atomic E-state index is 0.105. The van der Waals surface area contributed by atoms with Gasteiger partial charge in [0.25, 0.3) is 0 Å². The van der Waals surface area contributed by atoms with Crippen molar-refractivity contribution in [3.63, 3.8) is 0 Å². The van der Waals surface area contributed by atoms with Crippen LogP contribution < -0.4 is 11.3 Å². The molecule has 0 amide bonds. The first-order valence-corrected chi connectivity index (χ1v) is 8.72. The van der Waals surface area contributed by atoms with Crippen molar-refractivity contribution in [1.82, 2.24) is 9.97 Å². The Labute approximate surface area is 117 Å². The number of hydrogen-bond acceptors (Lipinski definition) is 8. The molecule has 19 heavy (non-hydrogen) atoms. The third-order valence-corrected chi connectivity index (χ3v) is 4.15. The molecule has 1 rings (SSSR count). The molecule has 0 aliphatic carbocycles. The highest BCUT2D eigenvalue weighted by atomic mass is 32.2. The van der Waals surface area contributed by atoms with Gasteiger partial charge in [0.05, 0.1) is 5.75 Å². The maximum Gasteiger partial charge on any atom is 0.157 e. The molecule has 0 radical (unpaired) electrons. The SMILES string of the molecule is CCOCc1nc(NN)cc(SCCS(C)(=O)=O)n1. The van der Waals surface area contributed by atoms with Crippen LogP contribution in [0, 0.1) is 0 Å². The molecule has 1 heterocycles. The number of nitrogen functional groups attached to an aromatic ring is 1. The Morgan fingerprint density at radius 3 is 2.79 bits per heavy atom. The molecular weight excluding hydrogens is 288 g/mol. The van der Waals surface area contributed by atoms with Crippen molar-refractivity contribution in [1.29, 1.82) is 0 Å². The van der Waals surface area contributed by atoms with Crippen molar-refractivity contribution in [2.45, 2.75) is 18.6 Å². The number of thioether (sulfide) groups is 1. The third kappa shape index (κ3) is 6.71. The average Bonchev–Trinajstić information content (AvgIpc) is 2.34. The summed E-state index contributed by atoms with van der Waals surface area (Å²) < 4.78 is 27.3. The molecule has 9 heteroatoms. The Morgan fingerprint density at radius 2 is 2.21 bits per heavy atom. The molecule has 0 spiro atoms. The normalized spacial score (nSPS) is 11.5. The summed E-state index contributed by atoms with van der Waals surface area (Å²) in [5, 5.41) is 0.668. The van der Waals surface area contributed by atoms with Crippen LogP contribution in [-0.4, -0.2) is 42.8 Å². The van der Waals surface area contributed by atoms with Gasteiger partial charge in [-0.1, -0.05) is 0 Å². The average molecular weight is 306 g/mol. The molecule has 0 saturated heterocycles. The van der Waals surface area contributed by atoms with Crippen molar-refractivity contribution in [2.24, 2.45) is 5.84 Å². The van der Waals surface area contributed by atoms with E-state index in [2.05, 4.69) is 15.4 Å². The zero-order valence-corrected chi connectivity index (χ0v) is 12.6. The monoisotopic (exact) mass is 306 g/mol. The number of aromatic nitrogens is 2. The zero-order chi connectivity index (χ0) is 14.3. The standard InChI is InChI=1S/C10H18N4O3S2/c1-3-17-7-9-12-8(14-11)6-10(13-9)18-4-5-19(2,15)16/h6H,3-5,7,11H2,1-2H3,(H,12,13,14). The summed E-state index contributed by atoms with van der Waals surface area (Å²) >= 11 is 1.34. The van der Waals surface area contributed by atoms with Gasteiger partial charge in [-0.2, -0.15) is 0 Å². The number of nitrogens with two attached hydrogens (primary N) is 1. The van der Waals surface area contributed by atoms with Crippen molar-refractivity contribution in [2.75, 3.05) is 29.8 Å². The van der Waals surface area contributed by atoms with E-state index in [-0.39, 0.29) is 5.75 Å². The fourth-order valence-corrected chi connectivity index (χ4v) is 3.29. The highest BCUT2D eigenvalue weighted by molar-refractivity contribution is 8.00. The maximum absolute atomic E-state index is 11.1. The van der Waals surface area contributed by atoms with Crippen molar-refractivity contribution in [3.8, 4) is 0 Å². The smallest absolute Gasteiger partial charge is 0.157 e. The van der Waals surface area contributed by atoms with Crippen molar-refractivity contribution < 1.29 is 13.2 Å². The Hall–Kier alpha value is -0.900. The molecule has 0 aliphatic heterocycles. The lowest BCUT2D eigenvalue weighted by Crippen LogP contribution is -2.12. The van der Waals surface area contributed by atoms with Gasteiger partial charge in [-0.25, -0.2) is 24.2 Å². The number of nitrogens with one attached hydrogen (secondary N) is 1. The number of rotatable bonds is 8. The summed E-state index contributed by atoms with van der Waals surface area (Å²) in [6, 6.07) is 1.67. The number of hydrogen-bond donors (Lipinski definition) is 2. The first-order chi connectivity index (χ1) is 8.94. The largest absolute Gasteiger partial charge is 0.374 e. The lowest BCUT2D eigenvalue weighted by molar-refractivity contribution is 0.128. The van der Waals surface area contributed by atoms with E-state index in [0.29, 0.717) is 35.6 Å². The molecule has 0 unspecified atom stereocenters.